The number of rotatable bonds is 4. The van der Waals surface area contributed by atoms with E-state index in [4.69, 9.17) is 10.7 Å². The Labute approximate surface area is 208 Å². The molecule has 2 aliphatic rings. The van der Waals surface area contributed by atoms with Crippen LogP contribution in [-0.2, 0) is 6.54 Å². The quantitative estimate of drug-likeness (QED) is 0.425. The molecule has 2 atom stereocenters. The summed E-state index contributed by atoms with van der Waals surface area (Å²) in [5.41, 5.74) is 8.41. The maximum atomic E-state index is 10.3. The monoisotopic (exact) mass is 479 g/mol. The van der Waals surface area contributed by atoms with Crippen LogP contribution in [0.25, 0.3) is 11.3 Å². The fourth-order valence-electron chi connectivity index (χ4n) is 5.08. The molecular weight excluding hydrogens is 454 g/mol. The Hall–Kier alpha value is -4.65. The topological polar surface area (TPSA) is 122 Å². The van der Waals surface area contributed by atoms with Crippen LogP contribution >= 0.6 is 0 Å². The average Bonchev–Trinajstić information content (AvgIpc) is 3.50. The fraction of sp³-hybridized carbons (Fsp3) is 0.269. The number of nitrogen functional groups attached to an aromatic ring is 1. The highest BCUT2D eigenvalue weighted by Gasteiger charge is 2.41. The van der Waals surface area contributed by atoms with E-state index in [1.807, 2.05) is 35.0 Å². The van der Waals surface area contributed by atoms with Gasteiger partial charge in [-0.3, -0.25) is 0 Å². The van der Waals surface area contributed by atoms with Gasteiger partial charge in [0.25, 0.3) is 0 Å². The van der Waals surface area contributed by atoms with E-state index >= 15 is 0 Å². The number of benzene rings is 1. The van der Waals surface area contributed by atoms with E-state index in [2.05, 4.69) is 41.8 Å². The van der Waals surface area contributed by atoms with E-state index in [0.29, 0.717) is 29.4 Å². The van der Waals surface area contributed by atoms with Crippen LogP contribution in [0.15, 0.2) is 61.3 Å². The number of imidazole rings is 1. The van der Waals surface area contributed by atoms with Crippen LogP contribution in [0.5, 0.6) is 5.75 Å². The third-order valence-corrected chi connectivity index (χ3v) is 6.73. The van der Waals surface area contributed by atoms with Gasteiger partial charge in [-0.2, -0.15) is 0 Å². The predicted octanol–water partition coefficient (Wildman–Crippen LogP) is 2.33. The number of aromatic nitrogens is 6. The highest BCUT2D eigenvalue weighted by atomic mass is 16.3. The largest absolute Gasteiger partial charge is 0.507 e. The zero-order valence-electron chi connectivity index (χ0n) is 19.6. The highest BCUT2D eigenvalue weighted by Crippen LogP contribution is 2.40. The molecule has 0 amide bonds. The van der Waals surface area contributed by atoms with Gasteiger partial charge >= 0.3 is 0 Å². The number of aromatic hydroxyl groups is 1. The molecule has 6 rings (SSSR count). The van der Waals surface area contributed by atoms with Crippen molar-refractivity contribution < 1.29 is 5.11 Å². The summed E-state index contributed by atoms with van der Waals surface area (Å²) in [5, 5.41) is 18.8. The predicted molar refractivity (Wildman–Crippen MR) is 136 cm³/mol. The number of hydrogen-bond acceptors (Lipinski definition) is 9. The van der Waals surface area contributed by atoms with E-state index in [1.165, 1.54) is 0 Å². The van der Waals surface area contributed by atoms with Crippen molar-refractivity contribution in [3.63, 3.8) is 0 Å². The molecule has 4 aromatic rings. The van der Waals surface area contributed by atoms with E-state index in [-0.39, 0.29) is 17.8 Å². The van der Waals surface area contributed by atoms with Crippen molar-refractivity contribution in [1.82, 2.24) is 29.7 Å². The van der Waals surface area contributed by atoms with Crippen LogP contribution in [0.2, 0.25) is 0 Å². The third kappa shape index (κ3) is 4.15. The molecule has 180 valence electrons. The minimum absolute atomic E-state index is 0.169. The van der Waals surface area contributed by atoms with Gasteiger partial charge in [0.1, 0.15) is 11.6 Å². The number of nitrogens with zero attached hydrogens (tertiary/aromatic N) is 8. The molecule has 10 heteroatoms. The average molecular weight is 480 g/mol. The van der Waals surface area contributed by atoms with Crippen molar-refractivity contribution in [3.8, 4) is 28.8 Å². The molecule has 10 nitrogen and oxygen atoms in total. The number of hydrogen-bond donors (Lipinski definition) is 2. The molecule has 3 N–H and O–H groups in total. The first-order valence-electron chi connectivity index (χ1n) is 11.9. The Bertz CT molecular complexity index is 1430. The van der Waals surface area contributed by atoms with Crippen molar-refractivity contribution >= 4 is 17.3 Å². The van der Waals surface area contributed by atoms with Gasteiger partial charge in [0, 0.05) is 49.3 Å². The summed E-state index contributed by atoms with van der Waals surface area (Å²) in [7, 11) is 0. The summed E-state index contributed by atoms with van der Waals surface area (Å²) >= 11 is 0. The number of phenols is 1. The zero-order chi connectivity index (χ0) is 24.5. The van der Waals surface area contributed by atoms with Gasteiger partial charge < -0.3 is 25.2 Å². The maximum Gasteiger partial charge on any atom is 0.206 e. The third-order valence-electron chi connectivity index (χ3n) is 6.73. The van der Waals surface area contributed by atoms with Gasteiger partial charge in [-0.15, -0.1) is 10.2 Å². The smallest absolute Gasteiger partial charge is 0.206 e. The van der Waals surface area contributed by atoms with Crippen molar-refractivity contribution in [2.24, 2.45) is 0 Å². The number of nitrogens with two attached hydrogens (primary N) is 1. The summed E-state index contributed by atoms with van der Waals surface area (Å²) < 4.78 is 1.90. The van der Waals surface area contributed by atoms with Crippen molar-refractivity contribution in [1.29, 1.82) is 0 Å². The first-order valence-corrected chi connectivity index (χ1v) is 11.9. The lowest BCUT2D eigenvalue weighted by atomic mass is 10.1. The van der Waals surface area contributed by atoms with Gasteiger partial charge in [0.15, 0.2) is 5.82 Å². The molecule has 0 unspecified atom stereocenters. The van der Waals surface area contributed by atoms with E-state index in [0.717, 1.165) is 37.4 Å². The van der Waals surface area contributed by atoms with Crippen molar-refractivity contribution in [3.05, 3.63) is 67.1 Å². The SMILES string of the molecule is Nc1nnc(-c2ccccc2O)cc1N1[C@@H]2CC[C@H]1CN(c1ccnc(C#CCn3ccnc3)n1)C2. The molecule has 1 aromatic carbocycles. The lowest BCUT2D eigenvalue weighted by Gasteiger charge is -2.43. The molecule has 2 saturated heterocycles. The summed E-state index contributed by atoms with van der Waals surface area (Å²) in [6, 6.07) is 11.5. The van der Waals surface area contributed by atoms with Crippen LogP contribution < -0.4 is 15.5 Å². The Morgan fingerprint density at radius 3 is 2.67 bits per heavy atom. The van der Waals surface area contributed by atoms with Crippen LogP contribution in [0.1, 0.15) is 18.7 Å². The summed E-state index contributed by atoms with van der Waals surface area (Å²) in [6.45, 7) is 2.16. The Balaban J connectivity index is 1.22. The number of phenolic OH excluding ortho intramolecular Hbond substituents is 1. The normalized spacial score (nSPS) is 18.7. The van der Waals surface area contributed by atoms with E-state index < -0.39 is 0 Å². The van der Waals surface area contributed by atoms with Gasteiger partial charge in [-0.05, 0) is 43.0 Å². The standard InChI is InChI=1S/C26H25N9O/c27-26-22(14-21(31-32-26)20-4-1-2-5-23(20)36)35-18-7-8-19(35)16-34(15-18)25-9-10-29-24(30-25)6-3-12-33-13-11-28-17-33/h1-2,4-5,9-11,13-14,17-19,36H,7-8,12,15-16H2,(H2,27,32)/t18-,19+. The number of anilines is 3. The first-order chi connectivity index (χ1) is 17.7. The molecule has 0 spiro atoms. The molecule has 2 aliphatic heterocycles. The van der Waals surface area contributed by atoms with Gasteiger partial charge in [-0.1, -0.05) is 18.1 Å². The molecule has 0 saturated carbocycles. The van der Waals surface area contributed by atoms with E-state index in [1.54, 1.807) is 30.9 Å². The van der Waals surface area contributed by atoms with E-state index in [9.17, 15) is 5.11 Å². The number of para-hydroxylation sites is 1. The van der Waals surface area contributed by atoms with Crippen molar-refractivity contribution in [2.75, 3.05) is 28.6 Å². The molecule has 0 radical (unpaired) electrons. The maximum absolute atomic E-state index is 10.3. The first kappa shape index (κ1) is 21.9. The molecule has 2 fully saturated rings. The molecule has 3 aromatic heterocycles. The molecule has 2 bridgehead atoms. The van der Waals surface area contributed by atoms with Gasteiger partial charge in [0.05, 0.1) is 24.3 Å². The van der Waals surface area contributed by atoms with Crippen molar-refractivity contribution in [2.45, 2.75) is 31.5 Å². The fourth-order valence-corrected chi connectivity index (χ4v) is 5.08. The number of fused-ring (bicyclic) bond motifs is 2. The second-order valence-electron chi connectivity index (χ2n) is 8.99. The lowest BCUT2D eigenvalue weighted by molar-refractivity contribution is 0.477. The lowest BCUT2D eigenvalue weighted by Crippen LogP contribution is -2.54. The molecule has 36 heavy (non-hydrogen) atoms. The Morgan fingerprint density at radius 2 is 1.89 bits per heavy atom. The molecule has 5 heterocycles. The van der Waals surface area contributed by atoms with Crippen LogP contribution in [0.4, 0.5) is 17.3 Å². The van der Waals surface area contributed by atoms with Crippen LogP contribution in [0.3, 0.4) is 0 Å². The van der Waals surface area contributed by atoms with Crippen LogP contribution in [-0.4, -0.2) is 60.0 Å². The molecule has 0 aliphatic carbocycles. The second-order valence-corrected chi connectivity index (χ2v) is 8.99. The zero-order valence-corrected chi connectivity index (χ0v) is 19.6. The van der Waals surface area contributed by atoms with Gasteiger partial charge in [0.2, 0.25) is 5.82 Å². The minimum Gasteiger partial charge on any atom is -0.507 e. The molecular formula is C26H25N9O. The van der Waals surface area contributed by atoms with Crippen LogP contribution in [0, 0.1) is 11.8 Å². The summed E-state index contributed by atoms with van der Waals surface area (Å²) in [6.07, 6.45) is 9.21. The Kier molecular flexibility index (Phi) is 5.58. The number of piperazine rings is 1. The summed E-state index contributed by atoms with van der Waals surface area (Å²) in [5.74, 6) is 8.12. The highest BCUT2D eigenvalue weighted by molar-refractivity contribution is 5.75. The minimum atomic E-state index is 0.169. The Morgan fingerprint density at radius 1 is 1.06 bits per heavy atom. The van der Waals surface area contributed by atoms with Gasteiger partial charge in [-0.25, -0.2) is 15.0 Å². The summed E-state index contributed by atoms with van der Waals surface area (Å²) in [4.78, 5) is 17.7. The second kappa shape index (κ2) is 9.19.